The fraction of sp³-hybridized carbons (Fsp3) is 0.167. The van der Waals surface area contributed by atoms with Crippen LogP contribution in [0.3, 0.4) is 0 Å². The lowest BCUT2D eigenvalue weighted by Gasteiger charge is -2.37. The van der Waals surface area contributed by atoms with Crippen LogP contribution in [-0.2, 0) is 0 Å². The Bertz CT molecular complexity index is 1130. The van der Waals surface area contributed by atoms with Crippen molar-refractivity contribution in [3.8, 4) is 11.5 Å². The highest BCUT2D eigenvalue weighted by atomic mass is 79.9. The number of hydrogen-bond acceptors (Lipinski definition) is 5. The molecule has 30 heavy (non-hydrogen) atoms. The number of nitrogens with zero attached hydrogens (tertiary/aromatic N) is 2. The van der Waals surface area contributed by atoms with Crippen LogP contribution in [0.1, 0.15) is 33.9 Å². The minimum absolute atomic E-state index is 0.0614. The van der Waals surface area contributed by atoms with Gasteiger partial charge in [-0.3, -0.25) is 4.79 Å². The first kappa shape index (κ1) is 18.9. The van der Waals surface area contributed by atoms with Gasteiger partial charge in [0.25, 0.3) is 6.23 Å². The van der Waals surface area contributed by atoms with Gasteiger partial charge in [-0.1, -0.05) is 46.3 Å². The molecule has 2 heterocycles. The van der Waals surface area contributed by atoms with Crippen molar-refractivity contribution >= 4 is 27.4 Å². The van der Waals surface area contributed by atoms with E-state index < -0.39 is 6.23 Å². The molecule has 0 bridgehead atoms. The predicted molar refractivity (Wildman–Crippen MR) is 118 cm³/mol. The summed E-state index contributed by atoms with van der Waals surface area (Å²) in [6, 6.07) is 23.0. The van der Waals surface area contributed by atoms with E-state index in [0.717, 1.165) is 27.1 Å². The van der Waals surface area contributed by atoms with Gasteiger partial charge in [0.1, 0.15) is 11.5 Å². The summed E-state index contributed by atoms with van der Waals surface area (Å²) in [4.78, 5) is 13.4. The Morgan fingerprint density at radius 3 is 2.60 bits per heavy atom. The summed E-state index contributed by atoms with van der Waals surface area (Å²) in [5.41, 5.74) is 3.59. The number of hydrogen-bond donors (Lipinski definition) is 0. The highest BCUT2D eigenvalue weighted by molar-refractivity contribution is 9.10. The summed E-state index contributed by atoms with van der Waals surface area (Å²) < 4.78 is 12.4. The molecule has 0 spiro atoms. The van der Waals surface area contributed by atoms with Crippen LogP contribution in [0.5, 0.6) is 11.5 Å². The molecular formula is C24H19BrN2O3. The Kier molecular flexibility index (Phi) is 4.79. The Balaban J connectivity index is 1.55. The molecule has 0 aliphatic carbocycles. The van der Waals surface area contributed by atoms with Crippen LogP contribution in [0.4, 0.5) is 0 Å². The van der Waals surface area contributed by atoms with Gasteiger partial charge >= 0.3 is 0 Å². The van der Waals surface area contributed by atoms with Crippen LogP contribution >= 0.6 is 15.9 Å². The first-order valence-electron chi connectivity index (χ1n) is 9.69. The quantitative estimate of drug-likeness (QED) is 0.499. The molecule has 0 N–H and O–H groups in total. The maximum Gasteiger partial charge on any atom is 0.251 e. The lowest BCUT2D eigenvalue weighted by molar-refractivity contribution is -0.00459. The number of ketones is 1. The topological polar surface area (TPSA) is 51.1 Å². The van der Waals surface area contributed by atoms with Gasteiger partial charge in [-0.25, -0.2) is 5.01 Å². The van der Waals surface area contributed by atoms with Crippen molar-refractivity contribution < 1.29 is 14.3 Å². The molecule has 3 aromatic rings. The van der Waals surface area contributed by atoms with E-state index in [0.29, 0.717) is 17.7 Å². The van der Waals surface area contributed by atoms with Crippen molar-refractivity contribution in [2.24, 2.45) is 5.10 Å². The lowest BCUT2D eigenvalue weighted by atomic mass is 9.96. The fourth-order valence-corrected chi connectivity index (χ4v) is 4.31. The number of carbonyl (C=O) groups excluding carboxylic acids is 1. The first-order chi connectivity index (χ1) is 14.6. The molecule has 2 atom stereocenters. The number of ether oxygens (including phenoxy) is 2. The van der Waals surface area contributed by atoms with Crippen molar-refractivity contribution in [3.63, 3.8) is 0 Å². The molecule has 2 aliphatic rings. The van der Waals surface area contributed by atoms with Crippen molar-refractivity contribution in [1.82, 2.24) is 5.01 Å². The van der Waals surface area contributed by atoms with Crippen LogP contribution in [0.2, 0.25) is 0 Å². The average Bonchev–Trinajstić information content (AvgIpc) is 3.25. The smallest absolute Gasteiger partial charge is 0.251 e. The minimum Gasteiger partial charge on any atom is -0.497 e. The summed E-state index contributed by atoms with van der Waals surface area (Å²) in [5, 5.41) is 6.64. The van der Waals surface area contributed by atoms with Crippen LogP contribution in [0.15, 0.2) is 82.4 Å². The van der Waals surface area contributed by atoms with Crippen LogP contribution in [0.25, 0.3) is 0 Å². The van der Waals surface area contributed by atoms with Crippen molar-refractivity contribution in [2.75, 3.05) is 7.11 Å². The normalized spacial score (nSPS) is 19.4. The molecule has 150 valence electrons. The Hall–Kier alpha value is -3.12. The average molecular weight is 463 g/mol. The van der Waals surface area contributed by atoms with Gasteiger partial charge in [0.15, 0.2) is 0 Å². The lowest BCUT2D eigenvalue weighted by Crippen LogP contribution is -2.45. The summed E-state index contributed by atoms with van der Waals surface area (Å²) >= 11 is 3.55. The molecule has 0 aromatic heterocycles. The molecule has 0 unspecified atom stereocenters. The van der Waals surface area contributed by atoms with Gasteiger partial charge in [-0.15, -0.1) is 0 Å². The number of fused-ring (bicyclic) bond motifs is 3. The highest BCUT2D eigenvalue weighted by Crippen LogP contribution is 2.44. The molecule has 0 saturated carbocycles. The van der Waals surface area contributed by atoms with Crippen LogP contribution in [-0.4, -0.2) is 29.8 Å². The number of rotatable bonds is 4. The summed E-state index contributed by atoms with van der Waals surface area (Å²) in [5.74, 6) is 1.29. The molecule has 5 nitrogen and oxygen atoms in total. The molecule has 6 heteroatoms. The second-order valence-electron chi connectivity index (χ2n) is 7.26. The molecule has 0 fully saturated rings. The number of benzene rings is 3. The standard InChI is InChI=1S/C24H19BrN2O3/c1-29-18-10-7-16(8-11-18)23(28)24-27-21(19-13-17(25)9-12-22(19)30-24)14-20(26-27)15-5-3-2-4-6-15/h2-13,21,24H,14H2,1H3/t21-,24+/m0/s1. The maximum atomic E-state index is 13.4. The van der Waals surface area contributed by atoms with Gasteiger partial charge in [-0.05, 0) is 48.0 Å². The van der Waals surface area contributed by atoms with E-state index in [1.54, 1.807) is 31.4 Å². The monoisotopic (exact) mass is 462 g/mol. The van der Waals surface area contributed by atoms with E-state index in [4.69, 9.17) is 14.6 Å². The van der Waals surface area contributed by atoms with Crippen molar-refractivity contribution in [1.29, 1.82) is 0 Å². The molecule has 5 rings (SSSR count). The molecular weight excluding hydrogens is 444 g/mol. The first-order valence-corrected chi connectivity index (χ1v) is 10.5. The van der Waals surface area contributed by atoms with Gasteiger partial charge < -0.3 is 9.47 Å². The van der Waals surface area contributed by atoms with Crippen LogP contribution in [0, 0.1) is 0 Å². The summed E-state index contributed by atoms with van der Waals surface area (Å²) in [6.45, 7) is 0. The van der Waals surface area contributed by atoms with E-state index in [-0.39, 0.29) is 11.8 Å². The predicted octanol–water partition coefficient (Wildman–Crippen LogP) is 5.21. The molecule has 2 aliphatic heterocycles. The SMILES string of the molecule is COc1ccc(C(=O)[C@H]2Oc3ccc(Br)cc3[C@@H]3CC(c4ccccc4)=NN23)cc1. The van der Waals surface area contributed by atoms with Gasteiger partial charge in [-0.2, -0.15) is 5.10 Å². The number of carbonyl (C=O) groups is 1. The maximum absolute atomic E-state index is 13.4. The fourth-order valence-electron chi connectivity index (χ4n) is 3.93. The number of Topliss-reactive ketones (excluding diaryl/α,β-unsaturated/α-hetero) is 1. The zero-order valence-electron chi connectivity index (χ0n) is 16.3. The summed E-state index contributed by atoms with van der Waals surface area (Å²) in [6.07, 6.45) is -0.110. The molecule has 3 aromatic carbocycles. The van der Waals surface area contributed by atoms with E-state index in [1.165, 1.54) is 0 Å². The second kappa shape index (κ2) is 7.61. The Labute approximate surface area is 183 Å². The van der Waals surface area contributed by atoms with E-state index >= 15 is 0 Å². The van der Waals surface area contributed by atoms with E-state index in [2.05, 4.69) is 15.9 Å². The highest BCUT2D eigenvalue weighted by Gasteiger charge is 2.43. The number of halogens is 1. The van der Waals surface area contributed by atoms with Gasteiger partial charge in [0, 0.05) is 22.0 Å². The van der Waals surface area contributed by atoms with E-state index in [9.17, 15) is 4.79 Å². The van der Waals surface area contributed by atoms with Crippen molar-refractivity contribution in [3.05, 3.63) is 94.0 Å². The largest absolute Gasteiger partial charge is 0.497 e. The zero-order chi connectivity index (χ0) is 20.7. The minimum atomic E-state index is -0.821. The molecule has 0 radical (unpaired) electrons. The van der Waals surface area contributed by atoms with E-state index in [1.807, 2.05) is 53.5 Å². The third-order valence-corrected chi connectivity index (χ3v) is 5.95. The number of hydrazone groups is 1. The molecule has 0 saturated heterocycles. The molecule has 0 amide bonds. The second-order valence-corrected chi connectivity index (χ2v) is 8.17. The van der Waals surface area contributed by atoms with Crippen LogP contribution < -0.4 is 9.47 Å². The Morgan fingerprint density at radius 1 is 1.10 bits per heavy atom. The van der Waals surface area contributed by atoms with Gasteiger partial charge in [0.2, 0.25) is 5.78 Å². The van der Waals surface area contributed by atoms with Gasteiger partial charge in [0.05, 0.1) is 18.9 Å². The van der Waals surface area contributed by atoms with Crippen molar-refractivity contribution in [2.45, 2.75) is 18.7 Å². The number of methoxy groups -OCH3 is 1. The summed E-state index contributed by atoms with van der Waals surface area (Å²) in [7, 11) is 1.60. The zero-order valence-corrected chi connectivity index (χ0v) is 17.9. The third-order valence-electron chi connectivity index (χ3n) is 5.46. The Morgan fingerprint density at radius 2 is 1.87 bits per heavy atom. The third kappa shape index (κ3) is 3.27.